The Balaban J connectivity index is 4.24. The van der Waals surface area contributed by atoms with Gasteiger partial charge in [-0.1, -0.05) is 329 Å². The molecule has 0 heterocycles. The molecule has 0 aliphatic rings. The Labute approximate surface area is 431 Å². The summed E-state index contributed by atoms with van der Waals surface area (Å²) in [6, 6.07) is 0. The van der Waals surface area contributed by atoms with Crippen molar-refractivity contribution in [1.82, 2.24) is 0 Å². The lowest BCUT2D eigenvalue weighted by molar-refractivity contribution is -0.167. The molecule has 0 aromatic heterocycles. The van der Waals surface area contributed by atoms with Crippen LogP contribution in [-0.2, 0) is 28.6 Å². The topological polar surface area (TPSA) is 78.9 Å². The molecule has 0 saturated carbocycles. The molecular formula is C63H122O6. The van der Waals surface area contributed by atoms with Gasteiger partial charge < -0.3 is 14.2 Å². The summed E-state index contributed by atoms with van der Waals surface area (Å²) in [5, 5.41) is 0. The van der Waals surface area contributed by atoms with Gasteiger partial charge in [0.15, 0.2) is 6.10 Å². The van der Waals surface area contributed by atoms with Crippen molar-refractivity contribution in [2.24, 2.45) is 0 Å². The van der Waals surface area contributed by atoms with E-state index >= 15 is 0 Å². The van der Waals surface area contributed by atoms with E-state index in [1.807, 2.05) is 0 Å². The highest BCUT2D eigenvalue weighted by molar-refractivity contribution is 5.71. The Morgan fingerprint density at radius 3 is 0.580 bits per heavy atom. The van der Waals surface area contributed by atoms with Crippen molar-refractivity contribution in [3.05, 3.63) is 0 Å². The number of carbonyl (C=O) groups is 3. The lowest BCUT2D eigenvalue weighted by Crippen LogP contribution is -2.30. The van der Waals surface area contributed by atoms with E-state index in [9.17, 15) is 14.4 Å². The van der Waals surface area contributed by atoms with Crippen molar-refractivity contribution in [3.8, 4) is 0 Å². The van der Waals surface area contributed by atoms with Crippen molar-refractivity contribution in [2.45, 2.75) is 374 Å². The minimum absolute atomic E-state index is 0.0606. The third kappa shape index (κ3) is 57.2. The quantitative estimate of drug-likeness (QED) is 0.0343. The van der Waals surface area contributed by atoms with Crippen LogP contribution in [-0.4, -0.2) is 37.2 Å². The second kappa shape index (κ2) is 59.0. The van der Waals surface area contributed by atoms with Crippen molar-refractivity contribution < 1.29 is 28.6 Å². The molecule has 0 aliphatic carbocycles. The molecular weight excluding hydrogens is 853 g/mol. The maximum absolute atomic E-state index is 12.9. The second-order valence-corrected chi connectivity index (χ2v) is 21.7. The number of rotatable bonds is 59. The maximum Gasteiger partial charge on any atom is 0.306 e. The zero-order valence-electron chi connectivity index (χ0n) is 47.1. The Kier molecular flexibility index (Phi) is 57.6. The van der Waals surface area contributed by atoms with E-state index < -0.39 is 6.10 Å². The molecule has 0 radical (unpaired) electrons. The van der Waals surface area contributed by atoms with Gasteiger partial charge in [-0.2, -0.15) is 0 Å². The zero-order chi connectivity index (χ0) is 50.0. The molecule has 0 saturated heterocycles. The van der Waals surface area contributed by atoms with E-state index in [1.54, 1.807) is 0 Å². The first kappa shape index (κ1) is 67.4. The van der Waals surface area contributed by atoms with Crippen molar-refractivity contribution in [3.63, 3.8) is 0 Å². The van der Waals surface area contributed by atoms with Gasteiger partial charge >= 0.3 is 17.9 Å². The summed E-state index contributed by atoms with van der Waals surface area (Å²) in [5.74, 6) is -0.826. The van der Waals surface area contributed by atoms with E-state index in [2.05, 4.69) is 20.8 Å². The summed E-state index contributed by atoms with van der Waals surface area (Å²) in [6.45, 7) is 6.72. The molecule has 1 atom stereocenters. The van der Waals surface area contributed by atoms with Gasteiger partial charge in [0, 0.05) is 19.3 Å². The molecule has 0 amide bonds. The Hall–Kier alpha value is -1.59. The third-order valence-electron chi connectivity index (χ3n) is 14.6. The number of esters is 3. The molecule has 0 bridgehead atoms. The Morgan fingerprint density at radius 1 is 0.232 bits per heavy atom. The maximum atomic E-state index is 12.9. The normalized spacial score (nSPS) is 11.9. The van der Waals surface area contributed by atoms with Gasteiger partial charge in [-0.15, -0.1) is 0 Å². The highest BCUT2D eigenvalue weighted by Crippen LogP contribution is 2.18. The molecule has 0 aliphatic heterocycles. The fourth-order valence-corrected chi connectivity index (χ4v) is 9.86. The highest BCUT2D eigenvalue weighted by Gasteiger charge is 2.19. The van der Waals surface area contributed by atoms with Gasteiger partial charge in [0.1, 0.15) is 13.2 Å². The summed E-state index contributed by atoms with van der Waals surface area (Å²) in [4.78, 5) is 38.2. The standard InChI is InChI=1S/C63H122O6/c1-4-7-10-13-16-19-22-25-27-29-30-31-32-34-35-38-41-44-47-50-53-56-62(65)68-59-60(58-67-61(64)55-52-49-46-43-40-37-24-21-18-15-12-9-6-3)69-63(66)57-54-51-48-45-42-39-36-33-28-26-23-20-17-14-11-8-5-2/h60H,4-59H2,1-3H3/t60-/m0/s1. The predicted molar refractivity (Wildman–Crippen MR) is 298 cm³/mol. The Bertz CT molecular complexity index is 1030. The average Bonchev–Trinajstić information content (AvgIpc) is 3.35. The van der Waals surface area contributed by atoms with Gasteiger partial charge in [-0.25, -0.2) is 0 Å². The largest absolute Gasteiger partial charge is 0.462 e. The van der Waals surface area contributed by atoms with E-state index in [0.717, 1.165) is 57.8 Å². The van der Waals surface area contributed by atoms with Crippen LogP contribution in [0.2, 0.25) is 0 Å². The molecule has 6 nitrogen and oxygen atoms in total. The number of unbranched alkanes of at least 4 members (excludes halogenated alkanes) is 48. The predicted octanol–water partition coefficient (Wildman–Crippen LogP) is 21.1. The molecule has 410 valence electrons. The van der Waals surface area contributed by atoms with Crippen LogP contribution in [0.25, 0.3) is 0 Å². The summed E-state index contributed by atoms with van der Waals surface area (Å²) >= 11 is 0. The second-order valence-electron chi connectivity index (χ2n) is 21.7. The minimum Gasteiger partial charge on any atom is -0.462 e. The number of ether oxygens (including phenoxy) is 3. The molecule has 0 rings (SSSR count). The average molecular weight is 976 g/mol. The lowest BCUT2D eigenvalue weighted by Gasteiger charge is -2.18. The first-order valence-corrected chi connectivity index (χ1v) is 31.5. The lowest BCUT2D eigenvalue weighted by atomic mass is 10.0. The Morgan fingerprint density at radius 2 is 0.391 bits per heavy atom. The smallest absolute Gasteiger partial charge is 0.306 e. The van der Waals surface area contributed by atoms with Gasteiger partial charge in [-0.05, 0) is 19.3 Å². The van der Waals surface area contributed by atoms with Crippen LogP contribution in [0.4, 0.5) is 0 Å². The monoisotopic (exact) mass is 975 g/mol. The van der Waals surface area contributed by atoms with Crippen LogP contribution in [0, 0.1) is 0 Å². The first-order valence-electron chi connectivity index (χ1n) is 31.5. The zero-order valence-corrected chi connectivity index (χ0v) is 47.1. The fraction of sp³-hybridized carbons (Fsp3) is 0.952. The van der Waals surface area contributed by atoms with Crippen molar-refractivity contribution in [1.29, 1.82) is 0 Å². The molecule has 69 heavy (non-hydrogen) atoms. The molecule has 0 N–H and O–H groups in total. The number of hydrogen-bond donors (Lipinski definition) is 0. The third-order valence-corrected chi connectivity index (χ3v) is 14.6. The van der Waals surface area contributed by atoms with Gasteiger partial charge in [-0.3, -0.25) is 14.4 Å². The highest BCUT2D eigenvalue weighted by atomic mass is 16.6. The van der Waals surface area contributed by atoms with Crippen LogP contribution >= 0.6 is 0 Å². The van der Waals surface area contributed by atoms with Crippen LogP contribution in [0.15, 0.2) is 0 Å². The summed E-state index contributed by atoms with van der Waals surface area (Å²) in [5.41, 5.74) is 0. The molecule has 0 spiro atoms. The van der Waals surface area contributed by atoms with Crippen molar-refractivity contribution >= 4 is 17.9 Å². The van der Waals surface area contributed by atoms with E-state index in [1.165, 1.54) is 270 Å². The summed E-state index contributed by atoms with van der Waals surface area (Å²) < 4.78 is 16.9. The first-order chi connectivity index (χ1) is 34.0. The van der Waals surface area contributed by atoms with Gasteiger partial charge in [0.2, 0.25) is 0 Å². The number of carbonyl (C=O) groups excluding carboxylic acids is 3. The van der Waals surface area contributed by atoms with E-state index in [-0.39, 0.29) is 31.1 Å². The molecule has 0 unspecified atom stereocenters. The van der Waals surface area contributed by atoms with Crippen LogP contribution in [0.1, 0.15) is 367 Å². The minimum atomic E-state index is -0.762. The van der Waals surface area contributed by atoms with E-state index in [4.69, 9.17) is 14.2 Å². The molecule has 0 aromatic carbocycles. The van der Waals surface area contributed by atoms with E-state index in [0.29, 0.717) is 19.3 Å². The fourth-order valence-electron chi connectivity index (χ4n) is 9.86. The van der Waals surface area contributed by atoms with Gasteiger partial charge in [0.25, 0.3) is 0 Å². The molecule has 0 fully saturated rings. The number of hydrogen-bond acceptors (Lipinski definition) is 6. The SMILES string of the molecule is CCCCCCCCCCCCCCCCCCCCCCCC(=O)OC[C@H](COC(=O)CCCCCCCCCCCCCCC)OC(=O)CCCCCCCCCCCCCCCCCCC. The van der Waals surface area contributed by atoms with Gasteiger partial charge in [0.05, 0.1) is 0 Å². The molecule has 6 heteroatoms. The van der Waals surface area contributed by atoms with Crippen molar-refractivity contribution in [2.75, 3.05) is 13.2 Å². The van der Waals surface area contributed by atoms with Crippen LogP contribution in [0.5, 0.6) is 0 Å². The van der Waals surface area contributed by atoms with Crippen LogP contribution in [0.3, 0.4) is 0 Å². The molecule has 0 aromatic rings. The summed E-state index contributed by atoms with van der Waals surface area (Å²) in [6.07, 6.45) is 66.8. The van der Waals surface area contributed by atoms with Crippen LogP contribution < -0.4 is 0 Å². The summed E-state index contributed by atoms with van der Waals surface area (Å²) in [7, 11) is 0.